The zero-order valence-electron chi connectivity index (χ0n) is 8.45. The van der Waals surface area contributed by atoms with Gasteiger partial charge in [-0.3, -0.25) is 0 Å². The summed E-state index contributed by atoms with van der Waals surface area (Å²) in [5.74, 6) is 0. The zero-order chi connectivity index (χ0) is 9.97. The molecule has 80 valence electrons. The summed E-state index contributed by atoms with van der Waals surface area (Å²) in [6, 6.07) is 0.336. The number of carbonyl (C=O) groups excluding carboxylic acids is 1. The van der Waals surface area contributed by atoms with E-state index in [0.29, 0.717) is 12.6 Å². The van der Waals surface area contributed by atoms with Gasteiger partial charge < -0.3 is 15.4 Å². The van der Waals surface area contributed by atoms with Crippen LogP contribution in [0.2, 0.25) is 0 Å². The van der Waals surface area contributed by atoms with Gasteiger partial charge in [0, 0.05) is 6.54 Å². The van der Waals surface area contributed by atoms with E-state index in [1.165, 1.54) is 12.8 Å². The molecule has 1 heterocycles. The second-order valence-corrected chi connectivity index (χ2v) is 4.11. The monoisotopic (exact) mass is 198 g/mol. The molecule has 1 saturated carbocycles. The van der Waals surface area contributed by atoms with E-state index in [2.05, 4.69) is 0 Å². The number of carbonyl (C=O) groups is 1. The molecule has 2 aliphatic rings. The Labute approximate surface area is 84.4 Å². The molecule has 1 aliphatic carbocycles. The second kappa shape index (κ2) is 4.17. The van der Waals surface area contributed by atoms with Crippen molar-refractivity contribution in [2.45, 2.75) is 44.2 Å². The van der Waals surface area contributed by atoms with Crippen molar-refractivity contribution < 1.29 is 9.53 Å². The minimum atomic E-state index is -0.129. The van der Waals surface area contributed by atoms with E-state index in [4.69, 9.17) is 10.5 Å². The molecule has 1 saturated heterocycles. The number of fused-ring (bicyclic) bond motifs is 1. The Kier molecular flexibility index (Phi) is 2.91. The molecule has 1 aliphatic heterocycles. The summed E-state index contributed by atoms with van der Waals surface area (Å²) in [5.41, 5.74) is 5.44. The van der Waals surface area contributed by atoms with E-state index >= 15 is 0 Å². The average molecular weight is 198 g/mol. The lowest BCUT2D eigenvalue weighted by Gasteiger charge is -2.27. The highest BCUT2D eigenvalue weighted by Crippen LogP contribution is 2.31. The Balaban J connectivity index is 1.96. The van der Waals surface area contributed by atoms with Crippen LogP contribution in [0, 0.1) is 0 Å². The highest BCUT2D eigenvalue weighted by molar-refractivity contribution is 5.70. The summed E-state index contributed by atoms with van der Waals surface area (Å²) in [6.45, 7) is 1.40. The van der Waals surface area contributed by atoms with Crippen LogP contribution in [0.25, 0.3) is 0 Å². The first-order valence-electron chi connectivity index (χ1n) is 5.50. The lowest BCUT2D eigenvalue weighted by molar-refractivity contribution is 0.113. The van der Waals surface area contributed by atoms with Crippen molar-refractivity contribution >= 4 is 6.09 Å². The van der Waals surface area contributed by atoms with Crippen LogP contribution < -0.4 is 5.73 Å². The maximum Gasteiger partial charge on any atom is 0.410 e. The van der Waals surface area contributed by atoms with Crippen LogP contribution in [0.1, 0.15) is 32.1 Å². The Morgan fingerprint density at radius 3 is 3.00 bits per heavy atom. The summed E-state index contributed by atoms with van der Waals surface area (Å²) < 4.78 is 5.32. The molecule has 1 amide bonds. The molecule has 0 aromatic carbocycles. The molecule has 0 aromatic heterocycles. The van der Waals surface area contributed by atoms with E-state index in [1.54, 1.807) is 0 Å². The SMILES string of the molecule is NCCCN1C(=O)OC2CCCCC21. The fraction of sp³-hybridized carbons (Fsp3) is 0.900. The highest BCUT2D eigenvalue weighted by atomic mass is 16.6. The van der Waals surface area contributed by atoms with Crippen molar-refractivity contribution in [2.24, 2.45) is 5.73 Å². The van der Waals surface area contributed by atoms with E-state index in [-0.39, 0.29) is 12.2 Å². The van der Waals surface area contributed by atoms with Crippen LogP contribution in [-0.2, 0) is 4.74 Å². The van der Waals surface area contributed by atoms with E-state index in [9.17, 15) is 4.79 Å². The van der Waals surface area contributed by atoms with Gasteiger partial charge in [-0.05, 0) is 32.2 Å². The predicted octanol–water partition coefficient (Wildman–Crippen LogP) is 1.10. The number of amides is 1. The van der Waals surface area contributed by atoms with Gasteiger partial charge in [-0.15, -0.1) is 0 Å². The summed E-state index contributed by atoms with van der Waals surface area (Å²) in [6.07, 6.45) is 5.45. The fourth-order valence-corrected chi connectivity index (χ4v) is 2.42. The maximum absolute atomic E-state index is 11.5. The fourth-order valence-electron chi connectivity index (χ4n) is 2.42. The van der Waals surface area contributed by atoms with Crippen molar-refractivity contribution in [3.8, 4) is 0 Å². The maximum atomic E-state index is 11.5. The van der Waals surface area contributed by atoms with Crippen LogP contribution >= 0.6 is 0 Å². The van der Waals surface area contributed by atoms with Crippen molar-refractivity contribution in [2.75, 3.05) is 13.1 Å². The molecular weight excluding hydrogens is 180 g/mol. The van der Waals surface area contributed by atoms with Gasteiger partial charge in [0.15, 0.2) is 0 Å². The van der Waals surface area contributed by atoms with Gasteiger partial charge in [0.05, 0.1) is 6.04 Å². The topological polar surface area (TPSA) is 55.6 Å². The first kappa shape index (κ1) is 9.77. The molecule has 2 rings (SSSR count). The molecule has 4 heteroatoms. The van der Waals surface area contributed by atoms with Crippen molar-refractivity contribution in [3.63, 3.8) is 0 Å². The van der Waals surface area contributed by atoms with Crippen LogP contribution in [0.4, 0.5) is 4.79 Å². The van der Waals surface area contributed by atoms with Crippen molar-refractivity contribution in [1.29, 1.82) is 0 Å². The highest BCUT2D eigenvalue weighted by Gasteiger charge is 2.42. The van der Waals surface area contributed by atoms with Crippen LogP contribution in [0.5, 0.6) is 0 Å². The first-order valence-corrected chi connectivity index (χ1v) is 5.50. The Morgan fingerprint density at radius 2 is 2.21 bits per heavy atom. The molecule has 0 spiro atoms. The minimum Gasteiger partial charge on any atom is -0.444 e. The van der Waals surface area contributed by atoms with Gasteiger partial charge in [0.25, 0.3) is 0 Å². The summed E-state index contributed by atoms with van der Waals surface area (Å²) in [5, 5.41) is 0. The van der Waals surface area contributed by atoms with Gasteiger partial charge in [0.1, 0.15) is 6.10 Å². The first-order chi connectivity index (χ1) is 6.83. The second-order valence-electron chi connectivity index (χ2n) is 4.11. The third-order valence-electron chi connectivity index (χ3n) is 3.16. The van der Waals surface area contributed by atoms with Crippen molar-refractivity contribution in [3.05, 3.63) is 0 Å². The number of nitrogens with two attached hydrogens (primary N) is 1. The third kappa shape index (κ3) is 1.71. The molecule has 4 nitrogen and oxygen atoms in total. The third-order valence-corrected chi connectivity index (χ3v) is 3.16. The largest absolute Gasteiger partial charge is 0.444 e. The Bertz CT molecular complexity index is 220. The molecule has 2 fully saturated rings. The Hall–Kier alpha value is -0.770. The molecule has 14 heavy (non-hydrogen) atoms. The zero-order valence-corrected chi connectivity index (χ0v) is 8.45. The standard InChI is InChI=1S/C10H18N2O2/c11-6-3-7-12-8-4-1-2-5-9(8)14-10(12)13/h8-9H,1-7,11H2. The van der Waals surface area contributed by atoms with Gasteiger partial charge in [-0.2, -0.15) is 0 Å². The molecular formula is C10H18N2O2. The number of hydrogen-bond acceptors (Lipinski definition) is 3. The van der Waals surface area contributed by atoms with E-state index in [1.807, 2.05) is 4.90 Å². The summed E-state index contributed by atoms with van der Waals surface area (Å²) in [4.78, 5) is 13.4. The van der Waals surface area contributed by atoms with E-state index < -0.39 is 0 Å². The number of ether oxygens (including phenoxy) is 1. The minimum absolute atomic E-state index is 0.129. The van der Waals surface area contributed by atoms with Gasteiger partial charge >= 0.3 is 6.09 Å². The number of rotatable bonds is 3. The summed E-state index contributed by atoms with van der Waals surface area (Å²) in [7, 11) is 0. The lowest BCUT2D eigenvalue weighted by Crippen LogP contribution is -2.39. The van der Waals surface area contributed by atoms with Gasteiger partial charge in [0.2, 0.25) is 0 Å². The molecule has 0 bridgehead atoms. The quantitative estimate of drug-likeness (QED) is 0.738. The summed E-state index contributed by atoms with van der Waals surface area (Å²) >= 11 is 0. The predicted molar refractivity (Wildman–Crippen MR) is 52.9 cm³/mol. The van der Waals surface area contributed by atoms with E-state index in [0.717, 1.165) is 25.8 Å². The average Bonchev–Trinajstić information content (AvgIpc) is 2.51. The van der Waals surface area contributed by atoms with Crippen LogP contribution in [0.3, 0.4) is 0 Å². The molecule has 2 unspecified atom stereocenters. The lowest BCUT2D eigenvalue weighted by atomic mass is 9.92. The number of hydrogen-bond donors (Lipinski definition) is 1. The molecule has 2 atom stereocenters. The number of nitrogens with zero attached hydrogens (tertiary/aromatic N) is 1. The van der Waals surface area contributed by atoms with Crippen LogP contribution in [-0.4, -0.2) is 36.2 Å². The molecule has 0 radical (unpaired) electrons. The normalized spacial score (nSPS) is 31.5. The molecule has 2 N–H and O–H groups in total. The molecule has 0 aromatic rings. The smallest absolute Gasteiger partial charge is 0.410 e. The van der Waals surface area contributed by atoms with Gasteiger partial charge in [-0.1, -0.05) is 6.42 Å². The van der Waals surface area contributed by atoms with Gasteiger partial charge in [-0.25, -0.2) is 4.79 Å². The van der Waals surface area contributed by atoms with Crippen molar-refractivity contribution in [1.82, 2.24) is 4.90 Å². The Morgan fingerprint density at radius 1 is 1.43 bits per heavy atom. The van der Waals surface area contributed by atoms with Crippen LogP contribution in [0.15, 0.2) is 0 Å².